The molecule has 39 heavy (non-hydrogen) atoms. The molecule has 3 rings (SSSR count). The maximum Gasteiger partial charge on any atom is 0.348 e. The van der Waals surface area contributed by atoms with Crippen molar-refractivity contribution in [2.24, 2.45) is 0 Å². The Balaban J connectivity index is 0.000000976. The molecule has 0 spiro atoms. The largest absolute Gasteiger partial charge is 0.496 e. The Morgan fingerprint density at radius 2 is 1.82 bits per heavy atom. The van der Waals surface area contributed by atoms with Crippen molar-refractivity contribution in [3.05, 3.63) is 60.9 Å². The number of aryl methyl sites for hydroxylation is 3. The highest BCUT2D eigenvalue weighted by Gasteiger charge is 2.35. The lowest BCUT2D eigenvalue weighted by Crippen LogP contribution is -2.52. The standard InChI is InChI=1S/C23H25FN2O7S.C4H10O/c1-6-33-20(28)17-12(2)16-18(27)26(23(3,4)21(29)30)22(31)25(19(16)34-17)10-9-13-11-14(24)7-8-15(13)32-5;1-3-4-5-2/h7-8,11H,6,9-10H2,1-5H3,(H,29,30);3-4H2,1-2H3. The average molecular weight is 567 g/mol. The summed E-state index contributed by atoms with van der Waals surface area (Å²) >= 11 is 0.925. The first-order valence-electron chi connectivity index (χ1n) is 12.4. The van der Waals surface area contributed by atoms with Crippen LogP contribution in [0.25, 0.3) is 10.2 Å². The number of nitrogens with zero attached hydrogens (tertiary/aromatic N) is 2. The van der Waals surface area contributed by atoms with Gasteiger partial charge in [-0.3, -0.25) is 9.36 Å². The van der Waals surface area contributed by atoms with Crippen molar-refractivity contribution < 1.29 is 33.3 Å². The molecule has 10 nitrogen and oxygen atoms in total. The molecule has 1 N–H and O–H groups in total. The molecule has 0 amide bonds. The molecule has 0 aliphatic rings. The van der Waals surface area contributed by atoms with Gasteiger partial charge in [0.1, 0.15) is 26.8 Å². The molecule has 0 atom stereocenters. The smallest absolute Gasteiger partial charge is 0.348 e. The molecule has 1 aromatic carbocycles. The van der Waals surface area contributed by atoms with E-state index < -0.39 is 34.5 Å². The van der Waals surface area contributed by atoms with Crippen molar-refractivity contribution in [2.75, 3.05) is 27.4 Å². The van der Waals surface area contributed by atoms with Crippen LogP contribution in [0.15, 0.2) is 27.8 Å². The number of aliphatic carboxylic acids is 1. The maximum atomic E-state index is 13.8. The number of benzene rings is 1. The lowest BCUT2D eigenvalue weighted by molar-refractivity contribution is -0.146. The summed E-state index contributed by atoms with van der Waals surface area (Å²) in [5.74, 6) is -2.08. The molecule has 0 bridgehead atoms. The minimum absolute atomic E-state index is 0.0205. The van der Waals surface area contributed by atoms with E-state index in [4.69, 9.17) is 14.2 Å². The summed E-state index contributed by atoms with van der Waals surface area (Å²) < 4.78 is 30.8. The summed E-state index contributed by atoms with van der Waals surface area (Å²) in [6, 6.07) is 3.99. The summed E-state index contributed by atoms with van der Waals surface area (Å²) in [6.07, 6.45) is 1.27. The number of aromatic nitrogens is 2. The number of carbonyl (C=O) groups excluding carboxylic acids is 1. The highest BCUT2D eigenvalue weighted by atomic mass is 32.1. The van der Waals surface area contributed by atoms with Crippen LogP contribution < -0.4 is 16.0 Å². The van der Waals surface area contributed by atoms with Gasteiger partial charge in [-0.2, -0.15) is 0 Å². The average Bonchev–Trinajstić information content (AvgIpc) is 3.22. The molecule has 0 radical (unpaired) electrons. The van der Waals surface area contributed by atoms with E-state index in [1.165, 1.54) is 43.7 Å². The lowest BCUT2D eigenvalue weighted by atomic mass is 10.1. The Hall–Kier alpha value is -3.51. The van der Waals surface area contributed by atoms with Crippen molar-refractivity contribution in [1.29, 1.82) is 0 Å². The Morgan fingerprint density at radius 3 is 2.33 bits per heavy atom. The van der Waals surface area contributed by atoms with Crippen LogP contribution in [-0.2, 0) is 32.8 Å². The third-order valence-electron chi connectivity index (χ3n) is 6.01. The van der Waals surface area contributed by atoms with Crippen LogP contribution >= 0.6 is 11.3 Å². The molecule has 3 aromatic rings. The van der Waals surface area contributed by atoms with Gasteiger partial charge in [-0.05, 0) is 69.9 Å². The number of fused-ring (bicyclic) bond motifs is 1. The number of carboxylic acids is 1. The van der Waals surface area contributed by atoms with E-state index in [1.54, 1.807) is 21.0 Å². The predicted octanol–water partition coefficient (Wildman–Crippen LogP) is 3.96. The van der Waals surface area contributed by atoms with Crippen molar-refractivity contribution >= 4 is 33.5 Å². The molecule has 0 fully saturated rings. The Labute approximate surface area is 229 Å². The monoisotopic (exact) mass is 566 g/mol. The van der Waals surface area contributed by atoms with E-state index in [1.807, 2.05) is 0 Å². The first-order chi connectivity index (χ1) is 18.4. The minimum Gasteiger partial charge on any atom is -0.496 e. The second-order valence-corrected chi connectivity index (χ2v) is 10.1. The van der Waals surface area contributed by atoms with E-state index in [2.05, 4.69) is 6.92 Å². The summed E-state index contributed by atoms with van der Waals surface area (Å²) in [4.78, 5) is 51.6. The molecule has 2 aromatic heterocycles. The summed E-state index contributed by atoms with van der Waals surface area (Å²) in [5, 5.41) is 9.77. The number of esters is 1. The first-order valence-corrected chi connectivity index (χ1v) is 13.2. The van der Waals surface area contributed by atoms with Crippen LogP contribution in [0, 0.1) is 12.7 Å². The van der Waals surface area contributed by atoms with Crippen molar-refractivity contribution in [2.45, 2.75) is 59.5 Å². The van der Waals surface area contributed by atoms with Gasteiger partial charge in [0.2, 0.25) is 0 Å². The van der Waals surface area contributed by atoms with Gasteiger partial charge < -0.3 is 19.3 Å². The predicted molar refractivity (Wildman–Crippen MR) is 147 cm³/mol. The van der Waals surface area contributed by atoms with Crippen molar-refractivity contribution in [1.82, 2.24) is 9.13 Å². The topological polar surface area (TPSA) is 126 Å². The normalized spacial score (nSPS) is 11.2. The fourth-order valence-corrected chi connectivity index (χ4v) is 5.12. The SMILES string of the molecule is CCCOC.CCOC(=O)c1sc2c(c1C)c(=O)n(C(C)(C)C(=O)O)c(=O)n2CCc1cc(F)ccc1OC. The molecule has 0 saturated heterocycles. The van der Waals surface area contributed by atoms with Crippen molar-refractivity contribution in [3.8, 4) is 5.75 Å². The minimum atomic E-state index is -1.86. The summed E-state index contributed by atoms with van der Waals surface area (Å²) in [7, 11) is 3.15. The number of thiophene rings is 1. The van der Waals surface area contributed by atoms with Gasteiger partial charge in [0.15, 0.2) is 0 Å². The highest BCUT2D eigenvalue weighted by molar-refractivity contribution is 7.20. The summed E-state index contributed by atoms with van der Waals surface area (Å²) in [5.41, 5.74) is -2.74. The zero-order valence-corrected chi connectivity index (χ0v) is 24.1. The molecule has 12 heteroatoms. The quantitative estimate of drug-likeness (QED) is 0.366. The fraction of sp³-hybridized carbons (Fsp3) is 0.481. The van der Waals surface area contributed by atoms with Gasteiger partial charge in [0.05, 0.1) is 19.1 Å². The number of halogens is 1. The number of ether oxygens (including phenoxy) is 3. The van der Waals surface area contributed by atoms with Crippen LogP contribution in [0.1, 0.15) is 54.9 Å². The molecule has 0 unspecified atom stereocenters. The van der Waals surface area contributed by atoms with E-state index in [9.17, 15) is 28.7 Å². The zero-order chi connectivity index (χ0) is 29.5. The van der Waals surface area contributed by atoms with E-state index in [0.29, 0.717) is 21.4 Å². The van der Waals surface area contributed by atoms with Crippen LogP contribution in [0.2, 0.25) is 0 Å². The van der Waals surface area contributed by atoms with Crippen LogP contribution in [0.4, 0.5) is 4.39 Å². The number of carboxylic acid groups (broad SMARTS) is 1. The molecule has 214 valence electrons. The van der Waals surface area contributed by atoms with Gasteiger partial charge in [0.25, 0.3) is 5.56 Å². The molecular weight excluding hydrogens is 531 g/mol. The highest BCUT2D eigenvalue weighted by Crippen LogP contribution is 2.30. The van der Waals surface area contributed by atoms with Gasteiger partial charge >= 0.3 is 17.6 Å². The second kappa shape index (κ2) is 13.5. The second-order valence-electron chi connectivity index (χ2n) is 9.09. The fourth-order valence-electron chi connectivity index (χ4n) is 3.90. The maximum absolute atomic E-state index is 13.8. The van der Waals surface area contributed by atoms with Gasteiger partial charge in [-0.15, -0.1) is 11.3 Å². The first kappa shape index (κ1) is 31.7. The number of rotatable bonds is 10. The molecule has 0 saturated carbocycles. The lowest BCUT2D eigenvalue weighted by Gasteiger charge is -2.23. The third kappa shape index (κ3) is 6.74. The molecule has 0 aliphatic carbocycles. The number of hydrogen-bond acceptors (Lipinski definition) is 8. The van der Waals surface area contributed by atoms with Gasteiger partial charge in [-0.25, -0.2) is 23.3 Å². The molecular formula is C27H35FN2O8S. The molecule has 2 heterocycles. The Kier molecular flexibility index (Phi) is 11.0. The number of hydrogen-bond donors (Lipinski definition) is 1. The third-order valence-corrected chi connectivity index (χ3v) is 7.31. The van der Waals surface area contributed by atoms with E-state index in [0.717, 1.165) is 24.4 Å². The van der Waals surface area contributed by atoms with Gasteiger partial charge in [0, 0.05) is 20.3 Å². The zero-order valence-electron chi connectivity index (χ0n) is 23.3. The van der Waals surface area contributed by atoms with Crippen LogP contribution in [-0.4, -0.2) is 53.6 Å². The number of methoxy groups -OCH3 is 2. The Bertz CT molecular complexity index is 1450. The van der Waals surface area contributed by atoms with E-state index in [-0.39, 0.29) is 34.7 Å². The number of carbonyl (C=O) groups is 2. The van der Waals surface area contributed by atoms with Crippen molar-refractivity contribution in [3.63, 3.8) is 0 Å². The molecule has 0 aliphatic heterocycles. The van der Waals surface area contributed by atoms with Crippen LogP contribution in [0.3, 0.4) is 0 Å². The summed E-state index contributed by atoms with van der Waals surface area (Å²) in [6.45, 7) is 8.77. The van der Waals surface area contributed by atoms with E-state index >= 15 is 0 Å². The Morgan fingerprint density at radius 1 is 1.15 bits per heavy atom. The van der Waals surface area contributed by atoms with Gasteiger partial charge in [-0.1, -0.05) is 6.92 Å². The van der Waals surface area contributed by atoms with Crippen LogP contribution in [0.5, 0.6) is 5.75 Å².